The van der Waals surface area contributed by atoms with Gasteiger partial charge in [-0.2, -0.15) is 0 Å². The lowest BCUT2D eigenvalue weighted by Crippen LogP contribution is -2.17. The van der Waals surface area contributed by atoms with E-state index in [0.29, 0.717) is 5.41 Å². The van der Waals surface area contributed by atoms with Crippen molar-refractivity contribution in [2.75, 3.05) is 0 Å². The Balaban J connectivity index is 2.68. The molecule has 0 bridgehead atoms. The Morgan fingerprint density at radius 2 is 1.50 bits per heavy atom. The van der Waals surface area contributed by atoms with Crippen LogP contribution in [0.4, 0.5) is 0 Å². The first kappa shape index (κ1) is 7.59. The van der Waals surface area contributed by atoms with Crippen LogP contribution in [-0.4, -0.2) is 0 Å². The summed E-state index contributed by atoms with van der Waals surface area (Å²) in [6, 6.07) is 0. The van der Waals surface area contributed by atoms with Gasteiger partial charge in [0.25, 0.3) is 0 Å². The van der Waals surface area contributed by atoms with E-state index in [4.69, 9.17) is 0 Å². The van der Waals surface area contributed by atoms with Crippen LogP contribution in [0.1, 0.15) is 33.1 Å². The Hall–Kier alpha value is -0.520. The highest BCUT2D eigenvalue weighted by Crippen LogP contribution is 2.39. The lowest BCUT2D eigenvalue weighted by Gasteiger charge is -2.32. The van der Waals surface area contributed by atoms with Crippen LogP contribution in [0.25, 0.3) is 0 Å². The molecule has 1 saturated carbocycles. The van der Waals surface area contributed by atoms with Crippen LogP contribution in [0.15, 0.2) is 24.3 Å². The van der Waals surface area contributed by atoms with Crippen molar-refractivity contribution in [2.24, 2.45) is 5.41 Å². The van der Waals surface area contributed by atoms with Gasteiger partial charge in [-0.25, -0.2) is 0 Å². The van der Waals surface area contributed by atoms with E-state index in [1.54, 1.807) is 0 Å². The molecule has 0 heteroatoms. The quantitative estimate of drug-likeness (QED) is 0.448. The molecule has 0 aromatic heterocycles. The summed E-state index contributed by atoms with van der Waals surface area (Å²) in [6.45, 7) is 12.6. The predicted molar refractivity (Wildman–Crippen MR) is 45.9 cm³/mol. The van der Waals surface area contributed by atoms with Crippen molar-refractivity contribution in [1.82, 2.24) is 0 Å². The van der Waals surface area contributed by atoms with Crippen molar-refractivity contribution in [3.8, 4) is 0 Å². The summed E-state index contributed by atoms with van der Waals surface area (Å²) >= 11 is 0. The van der Waals surface area contributed by atoms with Crippen molar-refractivity contribution in [3.63, 3.8) is 0 Å². The molecule has 0 saturated heterocycles. The van der Waals surface area contributed by atoms with E-state index < -0.39 is 0 Å². The smallest absolute Gasteiger partial charge is 0.0113 e. The summed E-state index contributed by atoms with van der Waals surface area (Å²) in [5, 5.41) is 0. The monoisotopic (exact) mass is 136 g/mol. The lowest BCUT2D eigenvalue weighted by atomic mass is 9.74. The van der Waals surface area contributed by atoms with Crippen LogP contribution in [0, 0.1) is 5.41 Å². The van der Waals surface area contributed by atoms with E-state index in [1.165, 1.54) is 24.0 Å². The maximum absolute atomic E-state index is 4.00. The fourth-order valence-electron chi connectivity index (χ4n) is 1.89. The van der Waals surface area contributed by atoms with Gasteiger partial charge in [-0.1, -0.05) is 38.2 Å². The highest BCUT2D eigenvalue weighted by molar-refractivity contribution is 5.17. The molecule has 0 atom stereocenters. The molecule has 0 spiro atoms. The van der Waals surface area contributed by atoms with Crippen LogP contribution in [0.2, 0.25) is 0 Å². The molecule has 0 aliphatic heterocycles. The standard InChI is InChI=1S/C10H16/c1-8-5-9(2)7-10(3,4)6-8/h1-2,5-7H2,3-4H3. The molecule has 0 radical (unpaired) electrons. The van der Waals surface area contributed by atoms with Crippen LogP contribution in [-0.2, 0) is 0 Å². The van der Waals surface area contributed by atoms with Gasteiger partial charge in [0.2, 0.25) is 0 Å². The van der Waals surface area contributed by atoms with Crippen molar-refractivity contribution in [2.45, 2.75) is 33.1 Å². The van der Waals surface area contributed by atoms with Crippen molar-refractivity contribution in [3.05, 3.63) is 24.3 Å². The molecule has 0 nitrogen and oxygen atoms in total. The van der Waals surface area contributed by atoms with Crippen molar-refractivity contribution in [1.29, 1.82) is 0 Å². The molecular formula is C10H16. The summed E-state index contributed by atoms with van der Waals surface area (Å²) in [4.78, 5) is 0. The third-order valence-electron chi connectivity index (χ3n) is 1.96. The van der Waals surface area contributed by atoms with Crippen molar-refractivity contribution < 1.29 is 0 Å². The molecule has 1 aliphatic carbocycles. The molecule has 1 aliphatic rings. The molecular weight excluding hydrogens is 120 g/mol. The first-order valence-electron chi connectivity index (χ1n) is 3.83. The van der Waals surface area contributed by atoms with Crippen LogP contribution >= 0.6 is 0 Å². The highest BCUT2D eigenvalue weighted by Gasteiger charge is 2.24. The van der Waals surface area contributed by atoms with Gasteiger partial charge in [-0.3, -0.25) is 0 Å². The summed E-state index contributed by atoms with van der Waals surface area (Å²) in [6.07, 6.45) is 3.40. The van der Waals surface area contributed by atoms with Crippen molar-refractivity contribution >= 4 is 0 Å². The lowest BCUT2D eigenvalue weighted by molar-refractivity contribution is 0.334. The maximum Gasteiger partial charge on any atom is -0.0113 e. The summed E-state index contributed by atoms with van der Waals surface area (Å²) < 4.78 is 0. The molecule has 0 heterocycles. The molecule has 10 heavy (non-hydrogen) atoms. The summed E-state index contributed by atoms with van der Waals surface area (Å²) in [5.41, 5.74) is 3.12. The first-order valence-corrected chi connectivity index (χ1v) is 3.83. The molecule has 0 N–H and O–H groups in total. The zero-order valence-electron chi connectivity index (χ0n) is 7.04. The molecule has 0 aromatic rings. The van der Waals surface area contributed by atoms with Gasteiger partial charge in [0, 0.05) is 0 Å². The highest BCUT2D eigenvalue weighted by atomic mass is 14.3. The zero-order valence-corrected chi connectivity index (χ0v) is 7.04. The van der Waals surface area contributed by atoms with Crippen LogP contribution in [0.5, 0.6) is 0 Å². The van der Waals surface area contributed by atoms with E-state index in [-0.39, 0.29) is 0 Å². The SMILES string of the molecule is C=C1CC(=C)CC(C)(C)C1. The van der Waals surface area contributed by atoms with E-state index in [0.717, 1.165) is 6.42 Å². The Bertz CT molecular complexity index is 154. The van der Waals surface area contributed by atoms with Crippen LogP contribution in [0.3, 0.4) is 0 Å². The second-order valence-electron chi connectivity index (χ2n) is 4.19. The fourth-order valence-corrected chi connectivity index (χ4v) is 1.89. The predicted octanol–water partition coefficient (Wildman–Crippen LogP) is 3.31. The van der Waals surface area contributed by atoms with Gasteiger partial charge in [0.1, 0.15) is 0 Å². The molecule has 0 unspecified atom stereocenters. The zero-order chi connectivity index (χ0) is 7.78. The second-order valence-corrected chi connectivity index (χ2v) is 4.19. The first-order chi connectivity index (χ1) is 4.49. The number of hydrogen-bond donors (Lipinski definition) is 0. The number of allylic oxidation sites excluding steroid dienone is 2. The Kier molecular flexibility index (Phi) is 1.72. The Morgan fingerprint density at radius 3 is 1.80 bits per heavy atom. The third-order valence-corrected chi connectivity index (χ3v) is 1.96. The van der Waals surface area contributed by atoms with Gasteiger partial charge in [0.05, 0.1) is 0 Å². The Labute approximate surface area is 63.6 Å². The summed E-state index contributed by atoms with van der Waals surface area (Å²) in [7, 11) is 0. The number of hydrogen-bond acceptors (Lipinski definition) is 0. The molecule has 0 amide bonds. The number of rotatable bonds is 0. The molecule has 0 aromatic carbocycles. The minimum absolute atomic E-state index is 0.423. The van der Waals surface area contributed by atoms with Gasteiger partial charge in [-0.05, 0) is 24.7 Å². The van der Waals surface area contributed by atoms with E-state index >= 15 is 0 Å². The fraction of sp³-hybridized carbons (Fsp3) is 0.600. The molecule has 1 fully saturated rings. The average molecular weight is 136 g/mol. The van der Waals surface area contributed by atoms with E-state index in [2.05, 4.69) is 27.0 Å². The minimum Gasteiger partial charge on any atom is -0.0995 e. The second kappa shape index (κ2) is 2.26. The van der Waals surface area contributed by atoms with Gasteiger partial charge in [0.15, 0.2) is 0 Å². The maximum atomic E-state index is 4.00. The topological polar surface area (TPSA) is 0 Å². The van der Waals surface area contributed by atoms with E-state index in [1.807, 2.05) is 0 Å². The van der Waals surface area contributed by atoms with Crippen LogP contribution < -0.4 is 0 Å². The largest absolute Gasteiger partial charge is 0.0995 e. The van der Waals surface area contributed by atoms with Gasteiger partial charge < -0.3 is 0 Å². The average Bonchev–Trinajstić information content (AvgIpc) is 1.54. The Morgan fingerprint density at radius 1 is 1.10 bits per heavy atom. The van der Waals surface area contributed by atoms with Gasteiger partial charge >= 0.3 is 0 Å². The van der Waals surface area contributed by atoms with Gasteiger partial charge in [-0.15, -0.1) is 0 Å². The van der Waals surface area contributed by atoms with E-state index in [9.17, 15) is 0 Å². The minimum atomic E-state index is 0.423. The molecule has 1 rings (SSSR count). The summed E-state index contributed by atoms with van der Waals surface area (Å²) in [5.74, 6) is 0. The molecule has 56 valence electrons. The normalized spacial score (nSPS) is 25.0. The third kappa shape index (κ3) is 1.73.